The van der Waals surface area contributed by atoms with Crippen LogP contribution in [-0.2, 0) is 4.74 Å². The fraction of sp³-hybridized carbons (Fsp3) is 1.00. The number of nitrogens with one attached hydrogen (secondary N) is 1. The van der Waals surface area contributed by atoms with Crippen molar-refractivity contribution in [1.82, 2.24) is 10.2 Å². The van der Waals surface area contributed by atoms with Crippen molar-refractivity contribution < 1.29 is 4.74 Å². The summed E-state index contributed by atoms with van der Waals surface area (Å²) in [5.41, 5.74) is 0. The van der Waals surface area contributed by atoms with Crippen LogP contribution in [0.3, 0.4) is 0 Å². The zero-order chi connectivity index (χ0) is 9.80. The summed E-state index contributed by atoms with van der Waals surface area (Å²) < 4.78 is 5.16. The van der Waals surface area contributed by atoms with Crippen molar-refractivity contribution in [2.75, 3.05) is 33.4 Å². The first-order valence-corrected chi connectivity index (χ1v) is 5.88. The zero-order valence-electron chi connectivity index (χ0n) is 9.17. The van der Waals surface area contributed by atoms with Gasteiger partial charge in [0, 0.05) is 38.8 Å². The lowest BCUT2D eigenvalue weighted by Gasteiger charge is -2.44. The zero-order valence-corrected chi connectivity index (χ0v) is 9.17. The predicted molar refractivity (Wildman–Crippen MR) is 57.5 cm³/mol. The van der Waals surface area contributed by atoms with E-state index in [9.17, 15) is 0 Å². The van der Waals surface area contributed by atoms with E-state index in [0.717, 1.165) is 31.8 Å². The number of rotatable bonds is 3. The van der Waals surface area contributed by atoms with Gasteiger partial charge in [-0.15, -0.1) is 0 Å². The molecule has 0 radical (unpaired) electrons. The molecule has 0 amide bonds. The standard InChI is InChI=1S/C11H22N2O/c1-14-9-8-13-7-6-12-10-4-2-3-5-11(10)13/h10-12H,2-9H2,1H3/t10-,11-/m0/s1. The lowest BCUT2D eigenvalue weighted by atomic mass is 9.87. The first kappa shape index (κ1) is 10.4. The van der Waals surface area contributed by atoms with Crippen molar-refractivity contribution in [2.45, 2.75) is 37.8 Å². The third-order valence-electron chi connectivity index (χ3n) is 3.59. The van der Waals surface area contributed by atoms with Crippen LogP contribution in [0.2, 0.25) is 0 Å². The molecule has 0 aromatic rings. The fourth-order valence-corrected chi connectivity index (χ4v) is 2.83. The van der Waals surface area contributed by atoms with Crippen LogP contribution in [0.25, 0.3) is 0 Å². The quantitative estimate of drug-likeness (QED) is 0.727. The number of hydrogen-bond donors (Lipinski definition) is 1. The number of nitrogens with zero attached hydrogens (tertiary/aromatic N) is 1. The summed E-state index contributed by atoms with van der Waals surface area (Å²) in [6.07, 6.45) is 5.56. The molecule has 2 rings (SSSR count). The summed E-state index contributed by atoms with van der Waals surface area (Å²) in [6.45, 7) is 4.35. The lowest BCUT2D eigenvalue weighted by molar-refractivity contribution is 0.0601. The number of piperazine rings is 1. The van der Waals surface area contributed by atoms with Crippen molar-refractivity contribution in [3.05, 3.63) is 0 Å². The van der Waals surface area contributed by atoms with Gasteiger partial charge in [-0.3, -0.25) is 4.90 Å². The van der Waals surface area contributed by atoms with E-state index in [2.05, 4.69) is 10.2 Å². The van der Waals surface area contributed by atoms with Gasteiger partial charge in [0.1, 0.15) is 0 Å². The van der Waals surface area contributed by atoms with Gasteiger partial charge in [0.05, 0.1) is 6.61 Å². The minimum atomic E-state index is 0.759. The number of fused-ring (bicyclic) bond motifs is 1. The number of hydrogen-bond acceptors (Lipinski definition) is 3. The van der Waals surface area contributed by atoms with Gasteiger partial charge < -0.3 is 10.1 Å². The molecule has 2 fully saturated rings. The third kappa shape index (κ3) is 2.27. The molecule has 3 heteroatoms. The molecule has 1 aliphatic carbocycles. The van der Waals surface area contributed by atoms with Crippen molar-refractivity contribution in [3.8, 4) is 0 Å². The van der Waals surface area contributed by atoms with E-state index in [4.69, 9.17) is 4.74 Å². The van der Waals surface area contributed by atoms with Crippen molar-refractivity contribution in [3.63, 3.8) is 0 Å². The normalized spacial score (nSPS) is 34.1. The van der Waals surface area contributed by atoms with Crippen LogP contribution in [0.1, 0.15) is 25.7 Å². The van der Waals surface area contributed by atoms with E-state index in [0.29, 0.717) is 0 Å². The molecule has 3 nitrogen and oxygen atoms in total. The highest BCUT2D eigenvalue weighted by atomic mass is 16.5. The van der Waals surface area contributed by atoms with E-state index in [-0.39, 0.29) is 0 Å². The van der Waals surface area contributed by atoms with Crippen LogP contribution < -0.4 is 5.32 Å². The van der Waals surface area contributed by atoms with Gasteiger partial charge in [-0.1, -0.05) is 12.8 Å². The van der Waals surface area contributed by atoms with Gasteiger partial charge in [0.25, 0.3) is 0 Å². The Balaban J connectivity index is 1.88. The van der Waals surface area contributed by atoms with Gasteiger partial charge in [-0.2, -0.15) is 0 Å². The molecule has 14 heavy (non-hydrogen) atoms. The molecular weight excluding hydrogens is 176 g/mol. The Morgan fingerprint density at radius 2 is 2.21 bits per heavy atom. The molecular formula is C11H22N2O. The first-order chi connectivity index (χ1) is 6.92. The smallest absolute Gasteiger partial charge is 0.0589 e. The molecule has 1 aliphatic heterocycles. The molecule has 2 aliphatic rings. The Kier molecular flexibility index (Phi) is 3.79. The molecule has 1 saturated heterocycles. The molecule has 1 saturated carbocycles. The van der Waals surface area contributed by atoms with E-state index >= 15 is 0 Å². The van der Waals surface area contributed by atoms with E-state index in [1.807, 2.05) is 0 Å². The highest BCUT2D eigenvalue weighted by Crippen LogP contribution is 2.24. The maximum Gasteiger partial charge on any atom is 0.0589 e. The summed E-state index contributed by atoms with van der Waals surface area (Å²) in [7, 11) is 1.79. The largest absolute Gasteiger partial charge is 0.383 e. The number of ether oxygens (including phenoxy) is 1. The van der Waals surface area contributed by atoms with Crippen LogP contribution in [-0.4, -0.2) is 50.3 Å². The maximum atomic E-state index is 5.16. The minimum absolute atomic E-state index is 0.759. The van der Waals surface area contributed by atoms with E-state index in [1.54, 1.807) is 7.11 Å². The Hall–Kier alpha value is -0.120. The van der Waals surface area contributed by atoms with Crippen molar-refractivity contribution >= 4 is 0 Å². The minimum Gasteiger partial charge on any atom is -0.383 e. The van der Waals surface area contributed by atoms with E-state index in [1.165, 1.54) is 32.2 Å². The highest BCUT2D eigenvalue weighted by Gasteiger charge is 2.32. The number of methoxy groups -OCH3 is 1. The predicted octanol–water partition coefficient (Wildman–Crippen LogP) is 0.849. The second kappa shape index (κ2) is 5.10. The van der Waals surface area contributed by atoms with Crippen LogP contribution in [0.4, 0.5) is 0 Å². The van der Waals surface area contributed by atoms with Gasteiger partial charge in [-0.05, 0) is 12.8 Å². The lowest BCUT2D eigenvalue weighted by Crippen LogP contribution is -2.59. The molecule has 0 aromatic heterocycles. The summed E-state index contributed by atoms with van der Waals surface area (Å²) in [5, 5.41) is 3.64. The van der Waals surface area contributed by atoms with Crippen LogP contribution in [0, 0.1) is 0 Å². The average molecular weight is 198 g/mol. The summed E-state index contributed by atoms with van der Waals surface area (Å²) in [4.78, 5) is 2.61. The van der Waals surface area contributed by atoms with Crippen LogP contribution in [0.5, 0.6) is 0 Å². The Morgan fingerprint density at radius 3 is 3.07 bits per heavy atom. The fourth-order valence-electron chi connectivity index (χ4n) is 2.83. The third-order valence-corrected chi connectivity index (χ3v) is 3.59. The second-order valence-electron chi connectivity index (χ2n) is 4.44. The highest BCUT2D eigenvalue weighted by molar-refractivity contribution is 4.91. The molecule has 1 heterocycles. The monoisotopic (exact) mass is 198 g/mol. The summed E-state index contributed by atoms with van der Waals surface area (Å²) in [6, 6.07) is 1.54. The molecule has 0 bridgehead atoms. The Morgan fingerprint density at radius 1 is 1.36 bits per heavy atom. The SMILES string of the molecule is COCCN1CCN[C@H]2CCCC[C@@H]21. The van der Waals surface area contributed by atoms with Gasteiger partial charge in [0.2, 0.25) is 0 Å². The average Bonchev–Trinajstić information content (AvgIpc) is 2.26. The topological polar surface area (TPSA) is 24.5 Å². The molecule has 0 aromatic carbocycles. The molecule has 1 N–H and O–H groups in total. The first-order valence-electron chi connectivity index (χ1n) is 5.88. The van der Waals surface area contributed by atoms with Gasteiger partial charge in [0.15, 0.2) is 0 Å². The molecule has 0 spiro atoms. The summed E-state index contributed by atoms with van der Waals surface area (Å²) >= 11 is 0. The second-order valence-corrected chi connectivity index (χ2v) is 4.44. The molecule has 2 atom stereocenters. The van der Waals surface area contributed by atoms with E-state index < -0.39 is 0 Å². The molecule has 0 unspecified atom stereocenters. The summed E-state index contributed by atoms with van der Waals surface area (Å²) in [5.74, 6) is 0. The Labute approximate surface area is 86.8 Å². The van der Waals surface area contributed by atoms with Gasteiger partial charge >= 0.3 is 0 Å². The Bertz CT molecular complexity index is 173. The van der Waals surface area contributed by atoms with Crippen molar-refractivity contribution in [2.24, 2.45) is 0 Å². The van der Waals surface area contributed by atoms with Crippen LogP contribution >= 0.6 is 0 Å². The van der Waals surface area contributed by atoms with Crippen molar-refractivity contribution in [1.29, 1.82) is 0 Å². The van der Waals surface area contributed by atoms with Crippen LogP contribution in [0.15, 0.2) is 0 Å². The van der Waals surface area contributed by atoms with Gasteiger partial charge in [-0.25, -0.2) is 0 Å². The maximum absolute atomic E-state index is 5.16. The molecule has 82 valence electrons.